The second kappa shape index (κ2) is 8.40. The molecule has 0 aromatic heterocycles. The SMILES string of the molecule is O=C(NC1(C(=O)N2CC3CCCC3C2C(=O)O)CCC1)OCC1c2ccccc2-c2ccccc21. The Balaban J connectivity index is 1.16. The van der Waals surface area contributed by atoms with Crippen LogP contribution in [-0.2, 0) is 14.3 Å². The summed E-state index contributed by atoms with van der Waals surface area (Å²) in [5.74, 6) is -1.01. The van der Waals surface area contributed by atoms with E-state index in [-0.39, 0.29) is 30.3 Å². The van der Waals surface area contributed by atoms with Gasteiger partial charge in [-0.15, -0.1) is 0 Å². The highest BCUT2D eigenvalue weighted by atomic mass is 16.5. The van der Waals surface area contributed by atoms with E-state index >= 15 is 0 Å². The van der Waals surface area contributed by atoms with E-state index < -0.39 is 23.6 Å². The quantitative estimate of drug-likeness (QED) is 0.679. The van der Waals surface area contributed by atoms with Gasteiger partial charge in [-0.05, 0) is 66.2 Å². The van der Waals surface area contributed by atoms with E-state index in [2.05, 4.69) is 29.6 Å². The molecule has 1 saturated heterocycles. The molecule has 2 aromatic carbocycles. The van der Waals surface area contributed by atoms with Crippen LogP contribution in [0.15, 0.2) is 48.5 Å². The van der Waals surface area contributed by atoms with Crippen LogP contribution >= 0.6 is 0 Å². The number of carboxylic acid groups (broad SMARTS) is 1. The van der Waals surface area contributed by atoms with Gasteiger partial charge in [-0.3, -0.25) is 4.79 Å². The number of carbonyl (C=O) groups is 3. The highest BCUT2D eigenvalue weighted by molar-refractivity contribution is 5.94. The fourth-order valence-electron chi connectivity index (χ4n) is 6.86. The van der Waals surface area contributed by atoms with Crippen molar-refractivity contribution >= 4 is 18.0 Å². The second-order valence-corrected chi connectivity index (χ2v) is 10.5. The standard InChI is InChI=1S/C28H30N2O5/c31-25(32)24-18-12-5-7-17(18)15-30(24)26(33)28(13-6-14-28)29-27(34)35-16-23-21-10-3-1-8-19(21)20-9-2-4-11-22(20)23/h1-4,8-11,17-18,23-24H,5-7,12-16H2,(H,29,34)(H,31,32). The number of benzene rings is 2. The molecule has 35 heavy (non-hydrogen) atoms. The number of nitrogens with zero attached hydrogens (tertiary/aromatic N) is 1. The summed E-state index contributed by atoms with van der Waals surface area (Å²) in [6, 6.07) is 15.5. The smallest absolute Gasteiger partial charge is 0.408 e. The molecule has 2 aromatic rings. The third kappa shape index (κ3) is 3.51. The molecule has 7 heteroatoms. The first kappa shape index (κ1) is 22.1. The lowest BCUT2D eigenvalue weighted by molar-refractivity contribution is -0.154. The molecule has 2 saturated carbocycles. The molecule has 1 heterocycles. The maximum absolute atomic E-state index is 13.6. The van der Waals surface area contributed by atoms with Gasteiger partial charge < -0.3 is 20.1 Å². The number of carbonyl (C=O) groups excluding carboxylic acids is 2. The van der Waals surface area contributed by atoms with E-state index in [0.29, 0.717) is 19.4 Å². The van der Waals surface area contributed by atoms with Crippen LogP contribution < -0.4 is 5.32 Å². The number of nitrogens with one attached hydrogen (secondary N) is 1. The Hall–Kier alpha value is -3.35. The van der Waals surface area contributed by atoms with Crippen molar-refractivity contribution in [3.8, 4) is 11.1 Å². The number of alkyl carbamates (subject to hydrolysis) is 1. The first-order chi connectivity index (χ1) is 17.0. The molecule has 3 fully saturated rings. The van der Waals surface area contributed by atoms with Gasteiger partial charge in [-0.1, -0.05) is 55.0 Å². The fourth-order valence-corrected chi connectivity index (χ4v) is 6.86. The minimum absolute atomic E-state index is 0.0167. The summed E-state index contributed by atoms with van der Waals surface area (Å²) in [6.45, 7) is 0.643. The summed E-state index contributed by atoms with van der Waals surface area (Å²) in [5, 5.41) is 12.7. The van der Waals surface area contributed by atoms with Crippen LogP contribution in [0.2, 0.25) is 0 Å². The van der Waals surface area contributed by atoms with Crippen molar-refractivity contribution in [2.24, 2.45) is 11.8 Å². The van der Waals surface area contributed by atoms with Gasteiger partial charge in [0.15, 0.2) is 0 Å². The van der Waals surface area contributed by atoms with Crippen molar-refractivity contribution in [3.63, 3.8) is 0 Å². The zero-order valence-corrected chi connectivity index (χ0v) is 19.6. The predicted octanol–water partition coefficient (Wildman–Crippen LogP) is 4.16. The van der Waals surface area contributed by atoms with E-state index in [4.69, 9.17) is 4.74 Å². The van der Waals surface area contributed by atoms with Gasteiger partial charge in [-0.25, -0.2) is 9.59 Å². The molecular weight excluding hydrogens is 444 g/mol. The number of aliphatic carboxylic acids is 1. The number of ether oxygens (including phenoxy) is 1. The molecule has 1 aliphatic heterocycles. The summed E-state index contributed by atoms with van der Waals surface area (Å²) in [6.07, 6.45) is 4.04. The van der Waals surface area contributed by atoms with E-state index in [1.165, 1.54) is 4.90 Å². The van der Waals surface area contributed by atoms with Gasteiger partial charge in [0, 0.05) is 12.5 Å². The van der Waals surface area contributed by atoms with Crippen LogP contribution in [0.1, 0.15) is 55.6 Å². The number of amides is 2. The third-order valence-electron chi connectivity index (χ3n) is 8.71. The zero-order valence-electron chi connectivity index (χ0n) is 19.6. The predicted molar refractivity (Wildman–Crippen MR) is 129 cm³/mol. The number of fused-ring (bicyclic) bond motifs is 4. The van der Waals surface area contributed by atoms with Crippen LogP contribution in [0.25, 0.3) is 11.1 Å². The Morgan fingerprint density at radius 2 is 1.63 bits per heavy atom. The molecule has 0 bridgehead atoms. The van der Waals surface area contributed by atoms with Gasteiger partial charge in [0.25, 0.3) is 0 Å². The summed E-state index contributed by atoms with van der Waals surface area (Å²) < 4.78 is 5.70. The molecule has 0 spiro atoms. The van der Waals surface area contributed by atoms with Crippen LogP contribution in [0.5, 0.6) is 0 Å². The van der Waals surface area contributed by atoms with Crippen molar-refractivity contribution in [1.29, 1.82) is 0 Å². The molecule has 7 nitrogen and oxygen atoms in total. The first-order valence-corrected chi connectivity index (χ1v) is 12.7. The number of rotatable bonds is 5. The molecule has 2 amide bonds. The number of hydrogen-bond acceptors (Lipinski definition) is 4. The summed E-state index contributed by atoms with van der Waals surface area (Å²) in [7, 11) is 0. The maximum atomic E-state index is 13.6. The highest BCUT2D eigenvalue weighted by Gasteiger charge is 2.56. The second-order valence-electron chi connectivity index (χ2n) is 10.5. The van der Waals surface area contributed by atoms with Gasteiger partial charge in [0.2, 0.25) is 5.91 Å². The molecule has 3 atom stereocenters. The van der Waals surface area contributed by atoms with Crippen LogP contribution in [0.3, 0.4) is 0 Å². The third-order valence-corrected chi connectivity index (χ3v) is 8.71. The van der Waals surface area contributed by atoms with Crippen molar-refractivity contribution in [1.82, 2.24) is 10.2 Å². The Labute approximate surface area is 204 Å². The fraction of sp³-hybridized carbons (Fsp3) is 0.464. The lowest BCUT2D eigenvalue weighted by Gasteiger charge is -2.43. The Kier molecular flexibility index (Phi) is 5.31. The molecule has 3 aliphatic carbocycles. The van der Waals surface area contributed by atoms with Crippen LogP contribution in [-0.4, -0.2) is 52.7 Å². The van der Waals surface area contributed by atoms with Gasteiger partial charge in [0.05, 0.1) is 0 Å². The minimum atomic E-state index is -1.06. The molecule has 2 N–H and O–H groups in total. The Bertz CT molecular complexity index is 1140. The van der Waals surface area contributed by atoms with E-state index in [9.17, 15) is 19.5 Å². The maximum Gasteiger partial charge on any atom is 0.408 e. The zero-order chi connectivity index (χ0) is 24.2. The van der Waals surface area contributed by atoms with E-state index in [1.54, 1.807) is 0 Å². The monoisotopic (exact) mass is 474 g/mol. The molecule has 3 unspecified atom stereocenters. The largest absolute Gasteiger partial charge is 0.480 e. The van der Waals surface area contributed by atoms with Gasteiger partial charge in [-0.2, -0.15) is 0 Å². The number of likely N-dealkylation sites (tertiary alicyclic amines) is 1. The lowest BCUT2D eigenvalue weighted by atomic mass is 9.75. The molecule has 6 rings (SSSR count). The van der Waals surface area contributed by atoms with Crippen molar-refractivity contribution in [2.45, 2.75) is 56.0 Å². The van der Waals surface area contributed by atoms with Gasteiger partial charge >= 0.3 is 12.1 Å². The average molecular weight is 475 g/mol. The van der Waals surface area contributed by atoms with E-state index in [1.807, 2.05) is 24.3 Å². The normalized spacial score (nSPS) is 25.8. The summed E-state index contributed by atoms with van der Waals surface area (Å²) in [4.78, 5) is 40.1. The molecular formula is C28H30N2O5. The van der Waals surface area contributed by atoms with E-state index in [0.717, 1.165) is 47.9 Å². The number of carboxylic acids is 1. The molecule has 4 aliphatic rings. The number of hydrogen-bond donors (Lipinski definition) is 2. The van der Waals surface area contributed by atoms with Crippen molar-refractivity contribution in [2.75, 3.05) is 13.2 Å². The molecule has 182 valence electrons. The van der Waals surface area contributed by atoms with Crippen molar-refractivity contribution in [3.05, 3.63) is 59.7 Å². The van der Waals surface area contributed by atoms with Crippen LogP contribution in [0.4, 0.5) is 4.79 Å². The first-order valence-electron chi connectivity index (χ1n) is 12.7. The Morgan fingerprint density at radius 1 is 0.971 bits per heavy atom. The van der Waals surface area contributed by atoms with Crippen molar-refractivity contribution < 1.29 is 24.2 Å². The summed E-state index contributed by atoms with van der Waals surface area (Å²) in [5.41, 5.74) is 3.51. The topological polar surface area (TPSA) is 95.9 Å². The average Bonchev–Trinajstić information content (AvgIpc) is 3.51. The molecule has 0 radical (unpaired) electrons. The highest BCUT2D eigenvalue weighted by Crippen LogP contribution is 2.46. The Morgan fingerprint density at radius 3 is 2.23 bits per heavy atom. The minimum Gasteiger partial charge on any atom is -0.480 e. The summed E-state index contributed by atoms with van der Waals surface area (Å²) >= 11 is 0. The lowest BCUT2D eigenvalue weighted by Crippen LogP contribution is -2.65. The van der Waals surface area contributed by atoms with Crippen LogP contribution in [0, 0.1) is 11.8 Å². The van der Waals surface area contributed by atoms with Gasteiger partial charge in [0.1, 0.15) is 18.2 Å².